The lowest BCUT2D eigenvalue weighted by molar-refractivity contribution is -0.000239. The Bertz CT molecular complexity index is 709. The second-order valence-corrected chi connectivity index (χ2v) is 6.97. The van der Waals surface area contributed by atoms with Crippen LogP contribution in [0.1, 0.15) is 25.7 Å². The van der Waals surface area contributed by atoms with E-state index in [0.717, 1.165) is 17.5 Å². The van der Waals surface area contributed by atoms with Crippen LogP contribution in [0.5, 0.6) is 5.75 Å². The largest absolute Gasteiger partial charge is 0.483 e. The van der Waals surface area contributed by atoms with Crippen LogP contribution in [-0.4, -0.2) is 22.6 Å². The lowest BCUT2D eigenvalue weighted by atomic mass is 9.94. The van der Waals surface area contributed by atoms with Gasteiger partial charge >= 0.3 is 5.43 Å². The quantitative estimate of drug-likeness (QED) is 0.707. The van der Waals surface area contributed by atoms with E-state index in [0.29, 0.717) is 22.8 Å². The van der Waals surface area contributed by atoms with Crippen molar-refractivity contribution in [1.29, 1.82) is 0 Å². The van der Waals surface area contributed by atoms with Crippen LogP contribution in [0.3, 0.4) is 0 Å². The van der Waals surface area contributed by atoms with Gasteiger partial charge in [0.1, 0.15) is 12.2 Å². The molecule has 1 aliphatic rings. The maximum Gasteiger partial charge on any atom is 0.404 e. The van der Waals surface area contributed by atoms with Gasteiger partial charge < -0.3 is 9.47 Å². The fraction of sp³-hybridized carbons (Fsp3) is 0.429. The molecule has 2 aromatic rings. The zero-order valence-electron chi connectivity index (χ0n) is 11.4. The van der Waals surface area contributed by atoms with Crippen LogP contribution < -0.4 is 4.74 Å². The van der Waals surface area contributed by atoms with Crippen molar-refractivity contribution in [2.45, 2.75) is 37.9 Å². The molecule has 0 bridgehead atoms. The van der Waals surface area contributed by atoms with Crippen LogP contribution in [0.2, 0.25) is 4.47 Å². The predicted molar refractivity (Wildman–Crippen MR) is 83.6 cm³/mol. The third-order valence-corrected chi connectivity index (χ3v) is 4.79. The smallest absolute Gasteiger partial charge is 0.404 e. The molecule has 1 aliphatic carbocycles. The zero-order chi connectivity index (χ0) is 15.7. The molecular formula is C14H12Cl2FNO3S. The Morgan fingerprint density at radius 3 is 2.77 bits per heavy atom. The average Bonchev–Trinajstić information content (AvgIpc) is 2.80. The highest BCUT2D eigenvalue weighted by Crippen LogP contribution is 2.33. The number of nitrogens with zero attached hydrogens (tertiary/aromatic N) is 1. The van der Waals surface area contributed by atoms with E-state index in [1.165, 1.54) is 17.4 Å². The van der Waals surface area contributed by atoms with E-state index in [1.807, 2.05) is 0 Å². The predicted octanol–water partition coefficient (Wildman–Crippen LogP) is 5.15. The number of benzene rings is 1. The maximum absolute atomic E-state index is 14.1. The maximum atomic E-state index is 14.1. The SMILES string of the molecule is O=C(Cl)OC1CCCCC1Oc1cc2sc(Cl)nc2cc1F. The number of hydrogen-bond acceptors (Lipinski definition) is 5. The molecule has 1 aromatic carbocycles. The Kier molecular flexibility index (Phi) is 4.70. The van der Waals surface area contributed by atoms with Gasteiger partial charge in [0.05, 0.1) is 10.2 Å². The van der Waals surface area contributed by atoms with Crippen molar-refractivity contribution in [2.24, 2.45) is 0 Å². The van der Waals surface area contributed by atoms with Crippen LogP contribution in [0.4, 0.5) is 9.18 Å². The fourth-order valence-electron chi connectivity index (χ4n) is 2.61. The summed E-state index contributed by atoms with van der Waals surface area (Å²) in [6.07, 6.45) is 2.30. The van der Waals surface area contributed by atoms with E-state index in [9.17, 15) is 9.18 Å². The number of rotatable bonds is 3. The molecule has 4 nitrogen and oxygen atoms in total. The van der Waals surface area contributed by atoms with Crippen LogP contribution in [-0.2, 0) is 4.74 Å². The molecule has 1 saturated carbocycles. The highest BCUT2D eigenvalue weighted by Gasteiger charge is 2.30. The number of ether oxygens (including phenoxy) is 2. The first-order valence-electron chi connectivity index (χ1n) is 6.81. The number of carbonyl (C=O) groups excluding carboxylic acids is 1. The number of fused-ring (bicyclic) bond motifs is 1. The highest BCUT2D eigenvalue weighted by atomic mass is 35.5. The van der Waals surface area contributed by atoms with Crippen LogP contribution >= 0.6 is 34.5 Å². The van der Waals surface area contributed by atoms with Gasteiger partial charge in [-0.1, -0.05) is 11.6 Å². The number of carbonyl (C=O) groups is 1. The van der Waals surface area contributed by atoms with Crippen molar-refractivity contribution >= 4 is 50.2 Å². The summed E-state index contributed by atoms with van der Waals surface area (Å²) in [5.41, 5.74) is -0.377. The van der Waals surface area contributed by atoms with Gasteiger partial charge in [-0.3, -0.25) is 0 Å². The van der Waals surface area contributed by atoms with Gasteiger partial charge in [-0.15, -0.1) is 11.3 Å². The molecule has 0 saturated heterocycles. The zero-order valence-corrected chi connectivity index (χ0v) is 13.7. The molecule has 0 amide bonds. The van der Waals surface area contributed by atoms with Gasteiger partial charge in [-0.25, -0.2) is 14.2 Å². The van der Waals surface area contributed by atoms with Crippen molar-refractivity contribution in [3.63, 3.8) is 0 Å². The lowest BCUT2D eigenvalue weighted by Gasteiger charge is -2.30. The molecule has 22 heavy (non-hydrogen) atoms. The molecule has 2 atom stereocenters. The minimum absolute atomic E-state index is 0.107. The van der Waals surface area contributed by atoms with Crippen molar-refractivity contribution in [3.8, 4) is 5.75 Å². The van der Waals surface area contributed by atoms with Crippen molar-refractivity contribution < 1.29 is 18.7 Å². The van der Waals surface area contributed by atoms with Gasteiger partial charge in [-0.05, 0) is 25.7 Å². The van der Waals surface area contributed by atoms with Crippen LogP contribution in [0.15, 0.2) is 12.1 Å². The number of aromatic nitrogens is 1. The first-order chi connectivity index (χ1) is 10.5. The Hall–Kier alpha value is -1.11. The van der Waals surface area contributed by atoms with E-state index in [2.05, 4.69) is 4.98 Å². The van der Waals surface area contributed by atoms with Gasteiger partial charge in [0, 0.05) is 23.7 Å². The summed E-state index contributed by atoms with van der Waals surface area (Å²) in [4.78, 5) is 15.0. The molecular weight excluding hydrogens is 352 g/mol. The molecule has 2 unspecified atom stereocenters. The molecule has 1 heterocycles. The van der Waals surface area contributed by atoms with Crippen LogP contribution in [0, 0.1) is 5.82 Å². The van der Waals surface area contributed by atoms with E-state index in [-0.39, 0.29) is 5.75 Å². The Morgan fingerprint density at radius 1 is 1.32 bits per heavy atom. The Labute approximate surface area is 140 Å². The van der Waals surface area contributed by atoms with E-state index < -0.39 is 23.5 Å². The number of thiazole rings is 1. The molecule has 118 valence electrons. The van der Waals surface area contributed by atoms with Gasteiger partial charge in [-0.2, -0.15) is 0 Å². The monoisotopic (exact) mass is 363 g/mol. The van der Waals surface area contributed by atoms with Crippen molar-refractivity contribution in [3.05, 3.63) is 22.4 Å². The van der Waals surface area contributed by atoms with Gasteiger partial charge in [0.15, 0.2) is 16.0 Å². The van der Waals surface area contributed by atoms with E-state index in [4.69, 9.17) is 32.7 Å². The normalized spacial score (nSPS) is 21.8. The van der Waals surface area contributed by atoms with E-state index in [1.54, 1.807) is 6.07 Å². The minimum Gasteiger partial charge on any atom is -0.483 e. The first-order valence-corrected chi connectivity index (χ1v) is 8.38. The molecule has 1 aromatic heterocycles. The Balaban J connectivity index is 1.83. The van der Waals surface area contributed by atoms with Crippen molar-refractivity contribution in [1.82, 2.24) is 4.98 Å². The molecule has 0 radical (unpaired) electrons. The molecule has 1 fully saturated rings. The van der Waals surface area contributed by atoms with Gasteiger partial charge in [0.25, 0.3) is 0 Å². The summed E-state index contributed by atoms with van der Waals surface area (Å²) in [7, 11) is 0. The average molecular weight is 364 g/mol. The summed E-state index contributed by atoms with van der Waals surface area (Å²) in [6, 6.07) is 2.86. The standard InChI is InChI=1S/C14H12Cl2FNO3S/c15-13-18-8-5-7(17)11(6-12(8)22-13)20-9-3-1-2-4-10(9)21-14(16)19/h5-6,9-10H,1-4H2. The number of halogens is 3. The lowest BCUT2D eigenvalue weighted by Crippen LogP contribution is -2.37. The summed E-state index contributed by atoms with van der Waals surface area (Å²) < 4.78 is 26.0. The van der Waals surface area contributed by atoms with E-state index >= 15 is 0 Å². The summed E-state index contributed by atoms with van der Waals surface area (Å²) in [5, 5.41) is 0. The second kappa shape index (κ2) is 6.56. The minimum atomic E-state index is -0.870. The summed E-state index contributed by atoms with van der Waals surface area (Å²) in [5.74, 6) is -0.411. The summed E-state index contributed by atoms with van der Waals surface area (Å²) >= 11 is 12.4. The first kappa shape index (κ1) is 15.8. The number of hydrogen-bond donors (Lipinski definition) is 0. The Morgan fingerprint density at radius 2 is 2.05 bits per heavy atom. The topological polar surface area (TPSA) is 48.4 Å². The van der Waals surface area contributed by atoms with Crippen LogP contribution in [0.25, 0.3) is 10.2 Å². The summed E-state index contributed by atoms with van der Waals surface area (Å²) in [6.45, 7) is 0. The second-order valence-electron chi connectivity index (χ2n) is 5.05. The molecule has 0 N–H and O–H groups in total. The molecule has 3 rings (SSSR count). The highest BCUT2D eigenvalue weighted by molar-refractivity contribution is 7.22. The fourth-order valence-corrected chi connectivity index (χ4v) is 3.76. The van der Waals surface area contributed by atoms with Crippen molar-refractivity contribution in [2.75, 3.05) is 0 Å². The molecule has 0 spiro atoms. The third-order valence-electron chi connectivity index (χ3n) is 3.58. The third kappa shape index (κ3) is 3.45. The molecule has 0 aliphatic heterocycles. The van der Waals surface area contributed by atoms with Gasteiger partial charge in [0.2, 0.25) is 0 Å². The molecule has 8 heteroatoms.